The van der Waals surface area contributed by atoms with Crippen molar-refractivity contribution >= 4 is 21.7 Å². The van der Waals surface area contributed by atoms with Gasteiger partial charge in [-0.2, -0.15) is 13.2 Å². The molecule has 0 atom stereocenters. The summed E-state index contributed by atoms with van der Waals surface area (Å²) in [4.78, 5) is 8.23. The molecule has 2 heterocycles. The van der Waals surface area contributed by atoms with Crippen molar-refractivity contribution in [2.24, 2.45) is 0 Å². The zero-order valence-corrected chi connectivity index (χ0v) is 13.2. The summed E-state index contributed by atoms with van der Waals surface area (Å²) in [6, 6.07) is 1.08. The number of methoxy groups -OCH3 is 1. The fourth-order valence-corrected chi connectivity index (χ4v) is 2.82. The average molecular weight is 368 g/mol. The largest absolute Gasteiger partial charge is 0.417 e. The number of aromatic nitrogens is 1. The summed E-state index contributed by atoms with van der Waals surface area (Å²) in [5.41, 5.74) is -0.739. The van der Waals surface area contributed by atoms with Crippen LogP contribution in [-0.2, 0) is 10.9 Å². The van der Waals surface area contributed by atoms with Crippen molar-refractivity contribution < 1.29 is 17.9 Å². The van der Waals surface area contributed by atoms with Crippen molar-refractivity contribution in [3.63, 3.8) is 0 Å². The molecule has 1 aromatic heterocycles. The summed E-state index contributed by atoms with van der Waals surface area (Å²) in [6.45, 7) is 4.71. The third-order valence-corrected chi connectivity index (χ3v) is 4.02. The summed E-state index contributed by atoms with van der Waals surface area (Å²) >= 11 is 3.19. The van der Waals surface area contributed by atoms with Gasteiger partial charge >= 0.3 is 6.18 Å². The van der Waals surface area contributed by atoms with E-state index in [0.29, 0.717) is 16.9 Å². The first-order chi connectivity index (χ1) is 9.91. The van der Waals surface area contributed by atoms with Crippen LogP contribution in [0.4, 0.5) is 19.0 Å². The Kier molecular flexibility index (Phi) is 5.45. The van der Waals surface area contributed by atoms with Crippen LogP contribution >= 0.6 is 15.9 Å². The maximum atomic E-state index is 12.6. The van der Waals surface area contributed by atoms with Gasteiger partial charge in [-0.1, -0.05) is 0 Å². The van der Waals surface area contributed by atoms with Gasteiger partial charge in [0.15, 0.2) is 0 Å². The van der Waals surface area contributed by atoms with Gasteiger partial charge in [0.1, 0.15) is 5.82 Å². The maximum absolute atomic E-state index is 12.6. The van der Waals surface area contributed by atoms with Crippen LogP contribution in [0.3, 0.4) is 0 Å². The van der Waals surface area contributed by atoms with Gasteiger partial charge in [-0.05, 0) is 22.0 Å². The molecule has 0 aliphatic carbocycles. The fourth-order valence-electron chi connectivity index (χ4n) is 2.22. The molecule has 2 rings (SSSR count). The monoisotopic (exact) mass is 367 g/mol. The van der Waals surface area contributed by atoms with E-state index in [9.17, 15) is 13.2 Å². The van der Waals surface area contributed by atoms with E-state index in [2.05, 4.69) is 25.8 Å². The van der Waals surface area contributed by atoms with Crippen LogP contribution in [-0.4, -0.2) is 56.3 Å². The summed E-state index contributed by atoms with van der Waals surface area (Å²) in [5.74, 6) is 0.564. The highest BCUT2D eigenvalue weighted by molar-refractivity contribution is 9.10. The smallest absolute Gasteiger partial charge is 0.383 e. The summed E-state index contributed by atoms with van der Waals surface area (Å²) < 4.78 is 43.3. The van der Waals surface area contributed by atoms with E-state index in [1.54, 1.807) is 7.11 Å². The lowest BCUT2D eigenvalue weighted by molar-refractivity contribution is -0.137. The highest BCUT2D eigenvalue weighted by atomic mass is 79.9. The van der Waals surface area contributed by atoms with Crippen LogP contribution < -0.4 is 4.90 Å². The van der Waals surface area contributed by atoms with Crippen LogP contribution in [0, 0.1) is 0 Å². The standard InChI is InChI=1S/C13H17BrF3N3O/c1-21-7-6-19-2-4-20(5-3-19)12-11(14)8-10(9-18-12)13(15,16)17/h8-9H,2-7H2,1H3. The summed E-state index contributed by atoms with van der Waals surface area (Å²) in [6.07, 6.45) is -3.48. The number of halogens is 4. The van der Waals surface area contributed by atoms with Crippen LogP contribution in [0.25, 0.3) is 0 Å². The Morgan fingerprint density at radius 3 is 2.48 bits per heavy atom. The van der Waals surface area contributed by atoms with Crippen LogP contribution in [0.1, 0.15) is 5.56 Å². The van der Waals surface area contributed by atoms with Gasteiger partial charge in [0, 0.05) is 46.0 Å². The lowest BCUT2D eigenvalue weighted by atomic mass is 10.2. The molecule has 1 fully saturated rings. The number of piperazine rings is 1. The number of hydrogen-bond donors (Lipinski definition) is 0. The molecular formula is C13H17BrF3N3O. The predicted molar refractivity (Wildman–Crippen MR) is 77.5 cm³/mol. The first-order valence-corrected chi connectivity index (χ1v) is 7.40. The molecule has 0 spiro atoms. The maximum Gasteiger partial charge on any atom is 0.417 e. The zero-order chi connectivity index (χ0) is 15.5. The Morgan fingerprint density at radius 2 is 1.95 bits per heavy atom. The average Bonchev–Trinajstić information content (AvgIpc) is 2.45. The Balaban J connectivity index is 2.00. The number of alkyl halides is 3. The molecule has 0 N–H and O–H groups in total. The third-order valence-electron chi connectivity index (χ3n) is 3.43. The van der Waals surface area contributed by atoms with E-state index < -0.39 is 11.7 Å². The van der Waals surface area contributed by atoms with Gasteiger partial charge < -0.3 is 9.64 Å². The van der Waals surface area contributed by atoms with Crippen molar-refractivity contribution in [2.75, 3.05) is 51.3 Å². The highest BCUT2D eigenvalue weighted by Gasteiger charge is 2.32. The Labute approximate surface area is 130 Å². The fraction of sp³-hybridized carbons (Fsp3) is 0.615. The molecule has 1 aliphatic rings. The molecule has 21 heavy (non-hydrogen) atoms. The number of nitrogens with zero attached hydrogens (tertiary/aromatic N) is 3. The molecule has 0 radical (unpaired) electrons. The molecule has 4 nitrogen and oxygen atoms in total. The first-order valence-electron chi connectivity index (χ1n) is 6.61. The van der Waals surface area contributed by atoms with Gasteiger partial charge in [-0.3, -0.25) is 4.90 Å². The Bertz CT molecular complexity index is 476. The molecule has 1 aliphatic heterocycles. The normalized spacial score (nSPS) is 17.3. The zero-order valence-electron chi connectivity index (χ0n) is 11.7. The minimum Gasteiger partial charge on any atom is -0.383 e. The summed E-state index contributed by atoms with van der Waals surface area (Å²) in [7, 11) is 1.67. The van der Waals surface area contributed by atoms with Crippen LogP contribution in [0.5, 0.6) is 0 Å². The summed E-state index contributed by atoms with van der Waals surface area (Å²) in [5, 5.41) is 0. The molecule has 118 valence electrons. The molecule has 0 amide bonds. The molecule has 1 saturated heterocycles. The third kappa shape index (κ3) is 4.31. The van der Waals surface area contributed by atoms with Crippen LogP contribution in [0.2, 0.25) is 0 Å². The predicted octanol–water partition coefficient (Wildman–Crippen LogP) is 2.63. The molecule has 0 unspecified atom stereocenters. The Hall–Kier alpha value is -0.860. The lowest BCUT2D eigenvalue weighted by Crippen LogP contribution is -2.47. The van der Waals surface area contributed by atoms with Crippen molar-refractivity contribution in [1.82, 2.24) is 9.88 Å². The molecule has 0 saturated carbocycles. The van der Waals surface area contributed by atoms with E-state index in [4.69, 9.17) is 4.74 Å². The number of hydrogen-bond acceptors (Lipinski definition) is 4. The molecule has 0 aromatic carbocycles. The van der Waals surface area contributed by atoms with Crippen molar-refractivity contribution in [2.45, 2.75) is 6.18 Å². The minimum absolute atomic E-state index is 0.377. The second-order valence-corrected chi connectivity index (χ2v) is 5.70. The number of pyridine rings is 1. The van der Waals surface area contributed by atoms with Gasteiger partial charge in [-0.15, -0.1) is 0 Å². The molecule has 8 heteroatoms. The van der Waals surface area contributed by atoms with E-state index in [1.807, 2.05) is 4.90 Å². The van der Waals surface area contributed by atoms with E-state index in [-0.39, 0.29) is 0 Å². The molecular weight excluding hydrogens is 351 g/mol. The molecule has 0 bridgehead atoms. The van der Waals surface area contributed by atoms with E-state index in [1.165, 1.54) is 0 Å². The minimum atomic E-state index is -4.37. The SMILES string of the molecule is COCCN1CCN(c2ncc(C(F)(F)F)cc2Br)CC1. The van der Waals surface area contributed by atoms with E-state index >= 15 is 0 Å². The second-order valence-electron chi connectivity index (χ2n) is 4.85. The van der Waals surface area contributed by atoms with Crippen molar-refractivity contribution in [1.29, 1.82) is 0 Å². The van der Waals surface area contributed by atoms with Gasteiger partial charge in [0.05, 0.1) is 16.6 Å². The second kappa shape index (κ2) is 6.93. The number of anilines is 1. The van der Waals surface area contributed by atoms with Crippen molar-refractivity contribution in [3.8, 4) is 0 Å². The van der Waals surface area contributed by atoms with Crippen LogP contribution in [0.15, 0.2) is 16.7 Å². The number of rotatable bonds is 4. The van der Waals surface area contributed by atoms with Gasteiger partial charge in [-0.25, -0.2) is 4.98 Å². The lowest BCUT2D eigenvalue weighted by Gasteiger charge is -2.35. The Morgan fingerprint density at radius 1 is 1.29 bits per heavy atom. The van der Waals surface area contributed by atoms with Crippen molar-refractivity contribution in [3.05, 3.63) is 22.3 Å². The topological polar surface area (TPSA) is 28.6 Å². The van der Waals surface area contributed by atoms with E-state index in [0.717, 1.165) is 45.0 Å². The number of ether oxygens (including phenoxy) is 1. The van der Waals surface area contributed by atoms with Gasteiger partial charge in [0.2, 0.25) is 0 Å². The molecule has 1 aromatic rings. The first kappa shape index (κ1) is 16.5. The highest BCUT2D eigenvalue weighted by Crippen LogP contribution is 2.33. The quantitative estimate of drug-likeness (QED) is 0.817. The van der Waals surface area contributed by atoms with Gasteiger partial charge in [0.25, 0.3) is 0 Å².